The third-order valence-electron chi connectivity index (χ3n) is 3.06. The molecule has 1 aliphatic carbocycles. The number of carboxylic acid groups (broad SMARTS) is 1. The maximum Gasteiger partial charge on any atom is 0.304 e. The highest BCUT2D eigenvalue weighted by molar-refractivity contribution is 5.70. The van der Waals surface area contributed by atoms with Gasteiger partial charge >= 0.3 is 5.97 Å². The molecule has 1 saturated carbocycles. The van der Waals surface area contributed by atoms with E-state index in [1.165, 1.54) is 0 Å². The van der Waals surface area contributed by atoms with Crippen LogP contribution in [0.2, 0.25) is 0 Å². The normalized spacial score (nSPS) is 17.4. The minimum Gasteiger partial charge on any atom is -0.481 e. The molecular weight excluding hydrogens is 195 g/mol. The Morgan fingerprint density at radius 1 is 1.33 bits per heavy atom. The summed E-state index contributed by atoms with van der Waals surface area (Å²) in [6.07, 6.45) is 2.03. The van der Waals surface area contributed by atoms with Crippen LogP contribution in [0, 0.1) is 0 Å². The second kappa shape index (κ2) is 3.65. The maximum atomic E-state index is 12.3. The molecule has 0 radical (unpaired) electrons. The Hall–Kier alpha value is -1.38. The summed E-state index contributed by atoms with van der Waals surface area (Å²) in [5.74, 6) is -0.762. The van der Waals surface area contributed by atoms with Crippen molar-refractivity contribution >= 4 is 5.97 Å². The summed E-state index contributed by atoms with van der Waals surface area (Å²) in [5.41, 5.74) is 1.51. The maximum absolute atomic E-state index is 12.3. The first-order valence-electron chi connectivity index (χ1n) is 5.03. The fraction of sp³-hybridized carbons (Fsp3) is 0.417. The van der Waals surface area contributed by atoms with Gasteiger partial charge in [0.2, 0.25) is 0 Å². The first-order valence-corrected chi connectivity index (χ1v) is 5.03. The number of aliphatic carboxylic acids is 1. The van der Waals surface area contributed by atoms with Crippen LogP contribution in [0.4, 0.5) is 4.39 Å². The number of carboxylic acids is 1. The zero-order chi connectivity index (χ0) is 10.9. The fourth-order valence-corrected chi connectivity index (χ4v) is 1.96. The van der Waals surface area contributed by atoms with Crippen LogP contribution >= 0.6 is 0 Å². The van der Waals surface area contributed by atoms with E-state index in [2.05, 4.69) is 0 Å². The Morgan fingerprint density at radius 2 is 1.93 bits per heavy atom. The summed E-state index contributed by atoms with van der Waals surface area (Å²) < 4.78 is 12.3. The minimum absolute atomic E-state index is 0.166. The first-order chi connectivity index (χ1) is 7.16. The molecule has 0 aliphatic heterocycles. The standard InChI is InChI=1S/C12H13FO2/c13-8-9-1-3-10(4-2-9)12(5-6-12)7-11(14)15/h1-4H,5-8H2,(H,14,15). The van der Waals surface area contributed by atoms with Gasteiger partial charge < -0.3 is 5.11 Å². The molecule has 80 valence electrons. The second-order valence-electron chi connectivity index (χ2n) is 4.18. The van der Waals surface area contributed by atoms with E-state index in [0.717, 1.165) is 18.4 Å². The van der Waals surface area contributed by atoms with Gasteiger partial charge in [0, 0.05) is 5.41 Å². The van der Waals surface area contributed by atoms with Crippen molar-refractivity contribution in [3.63, 3.8) is 0 Å². The van der Waals surface area contributed by atoms with E-state index in [0.29, 0.717) is 5.56 Å². The monoisotopic (exact) mass is 208 g/mol. The molecule has 0 heterocycles. The molecule has 0 spiro atoms. The summed E-state index contributed by atoms with van der Waals surface area (Å²) in [7, 11) is 0. The molecule has 0 saturated heterocycles. The molecule has 2 rings (SSSR count). The van der Waals surface area contributed by atoms with Gasteiger partial charge in [0.05, 0.1) is 6.42 Å². The molecule has 1 aliphatic rings. The Balaban J connectivity index is 2.18. The van der Waals surface area contributed by atoms with Crippen molar-refractivity contribution in [2.45, 2.75) is 31.4 Å². The molecule has 0 atom stereocenters. The molecule has 1 aromatic carbocycles. The molecule has 0 bridgehead atoms. The average Bonchev–Trinajstić information content (AvgIpc) is 2.98. The lowest BCUT2D eigenvalue weighted by Crippen LogP contribution is -2.12. The van der Waals surface area contributed by atoms with Gasteiger partial charge in [-0.05, 0) is 24.0 Å². The lowest BCUT2D eigenvalue weighted by atomic mass is 9.92. The van der Waals surface area contributed by atoms with Gasteiger partial charge in [0.1, 0.15) is 6.67 Å². The van der Waals surface area contributed by atoms with Crippen molar-refractivity contribution in [1.29, 1.82) is 0 Å². The largest absolute Gasteiger partial charge is 0.481 e. The summed E-state index contributed by atoms with van der Waals surface area (Å²) in [6, 6.07) is 7.17. The van der Waals surface area contributed by atoms with Crippen LogP contribution in [0.25, 0.3) is 0 Å². The van der Waals surface area contributed by atoms with E-state index in [-0.39, 0.29) is 11.8 Å². The lowest BCUT2D eigenvalue weighted by Gasteiger charge is -2.12. The van der Waals surface area contributed by atoms with E-state index >= 15 is 0 Å². The predicted octanol–water partition coefficient (Wildman–Crippen LogP) is 2.66. The van der Waals surface area contributed by atoms with Gasteiger partial charge in [-0.15, -0.1) is 0 Å². The molecule has 15 heavy (non-hydrogen) atoms. The van der Waals surface area contributed by atoms with Crippen molar-refractivity contribution in [1.82, 2.24) is 0 Å². The van der Waals surface area contributed by atoms with Crippen LogP contribution in [-0.4, -0.2) is 11.1 Å². The highest BCUT2D eigenvalue weighted by Crippen LogP contribution is 2.50. The van der Waals surface area contributed by atoms with Crippen LogP contribution in [0.15, 0.2) is 24.3 Å². The van der Waals surface area contributed by atoms with E-state index < -0.39 is 12.6 Å². The average molecular weight is 208 g/mol. The summed E-state index contributed by atoms with van der Waals surface area (Å²) in [5, 5.41) is 8.79. The van der Waals surface area contributed by atoms with Crippen molar-refractivity contribution in [3.05, 3.63) is 35.4 Å². The fourth-order valence-electron chi connectivity index (χ4n) is 1.96. The number of alkyl halides is 1. The predicted molar refractivity (Wildman–Crippen MR) is 54.4 cm³/mol. The summed E-state index contributed by atoms with van der Waals surface area (Å²) in [6.45, 7) is -0.466. The first kappa shape index (κ1) is 10.1. The summed E-state index contributed by atoms with van der Waals surface area (Å²) >= 11 is 0. The van der Waals surface area contributed by atoms with Crippen LogP contribution in [-0.2, 0) is 16.9 Å². The number of hydrogen-bond acceptors (Lipinski definition) is 1. The topological polar surface area (TPSA) is 37.3 Å². The number of halogens is 1. The Labute approximate surface area is 87.7 Å². The van der Waals surface area contributed by atoms with Crippen molar-refractivity contribution < 1.29 is 14.3 Å². The van der Waals surface area contributed by atoms with Gasteiger partial charge in [-0.3, -0.25) is 4.79 Å². The molecule has 1 N–H and O–H groups in total. The van der Waals surface area contributed by atoms with Gasteiger partial charge in [-0.25, -0.2) is 4.39 Å². The second-order valence-corrected chi connectivity index (χ2v) is 4.18. The molecule has 0 amide bonds. The molecule has 1 fully saturated rings. The van der Waals surface area contributed by atoms with Crippen LogP contribution in [0.3, 0.4) is 0 Å². The highest BCUT2D eigenvalue weighted by Gasteiger charge is 2.45. The third kappa shape index (κ3) is 2.01. The molecule has 2 nitrogen and oxygen atoms in total. The number of carbonyl (C=O) groups is 1. The van der Waals surface area contributed by atoms with E-state index in [4.69, 9.17) is 5.11 Å². The zero-order valence-corrected chi connectivity index (χ0v) is 8.37. The number of hydrogen-bond donors (Lipinski definition) is 1. The Morgan fingerprint density at radius 3 is 2.33 bits per heavy atom. The molecule has 1 aromatic rings. The van der Waals surface area contributed by atoms with E-state index in [1.54, 1.807) is 12.1 Å². The van der Waals surface area contributed by atoms with E-state index in [9.17, 15) is 9.18 Å². The van der Waals surface area contributed by atoms with Crippen molar-refractivity contribution in [3.8, 4) is 0 Å². The highest BCUT2D eigenvalue weighted by atomic mass is 19.1. The SMILES string of the molecule is O=C(O)CC1(c2ccc(CF)cc2)CC1. The molecule has 3 heteroatoms. The van der Waals surface area contributed by atoms with E-state index in [1.807, 2.05) is 12.1 Å². The van der Waals surface area contributed by atoms with Gasteiger partial charge in [-0.2, -0.15) is 0 Å². The van der Waals surface area contributed by atoms with Gasteiger partial charge in [0.15, 0.2) is 0 Å². The molecule has 0 aromatic heterocycles. The lowest BCUT2D eigenvalue weighted by molar-refractivity contribution is -0.137. The summed E-state index contributed by atoms with van der Waals surface area (Å²) in [4.78, 5) is 10.7. The Kier molecular flexibility index (Phi) is 2.47. The number of rotatable bonds is 4. The quantitative estimate of drug-likeness (QED) is 0.825. The number of benzene rings is 1. The molecular formula is C12H13FO2. The Bertz CT molecular complexity index is 366. The van der Waals surface area contributed by atoms with Crippen molar-refractivity contribution in [2.24, 2.45) is 0 Å². The minimum atomic E-state index is -0.762. The van der Waals surface area contributed by atoms with Crippen LogP contribution < -0.4 is 0 Å². The van der Waals surface area contributed by atoms with Crippen LogP contribution in [0.1, 0.15) is 30.4 Å². The zero-order valence-electron chi connectivity index (χ0n) is 8.37. The van der Waals surface area contributed by atoms with Gasteiger partial charge in [-0.1, -0.05) is 24.3 Å². The van der Waals surface area contributed by atoms with Crippen molar-refractivity contribution in [2.75, 3.05) is 0 Å². The smallest absolute Gasteiger partial charge is 0.304 e. The van der Waals surface area contributed by atoms with Gasteiger partial charge in [0.25, 0.3) is 0 Å². The third-order valence-corrected chi connectivity index (χ3v) is 3.06. The van der Waals surface area contributed by atoms with Crippen LogP contribution in [0.5, 0.6) is 0 Å². The molecule has 0 unspecified atom stereocenters.